The molecule has 1 atom stereocenters. The van der Waals surface area contributed by atoms with Gasteiger partial charge in [-0.2, -0.15) is 0 Å². The molecule has 0 saturated carbocycles. The number of hydrogen-bond donors (Lipinski definition) is 1. The number of halogens is 3. The molecule has 0 spiro atoms. The highest BCUT2D eigenvalue weighted by Crippen LogP contribution is 2.31. The van der Waals surface area contributed by atoms with Crippen molar-refractivity contribution >= 4 is 15.9 Å². The first-order chi connectivity index (χ1) is 8.91. The normalized spacial score (nSPS) is 12.5. The number of benzene rings is 2. The van der Waals surface area contributed by atoms with Gasteiger partial charge in [-0.3, -0.25) is 0 Å². The SMILES string of the molecule is Cc1cc(Br)ccc1C(O)c1c(F)ccc(C)c1F. The van der Waals surface area contributed by atoms with Crippen molar-refractivity contribution in [3.05, 3.63) is 68.7 Å². The van der Waals surface area contributed by atoms with Crippen LogP contribution in [0.15, 0.2) is 34.8 Å². The van der Waals surface area contributed by atoms with E-state index in [9.17, 15) is 13.9 Å². The van der Waals surface area contributed by atoms with Gasteiger partial charge in [0, 0.05) is 4.47 Å². The van der Waals surface area contributed by atoms with Crippen molar-refractivity contribution in [1.29, 1.82) is 0 Å². The molecule has 0 aliphatic rings. The Morgan fingerprint density at radius 1 is 1.05 bits per heavy atom. The maximum atomic E-state index is 14.0. The summed E-state index contributed by atoms with van der Waals surface area (Å²) in [6, 6.07) is 7.72. The first kappa shape index (κ1) is 14.2. The van der Waals surface area contributed by atoms with Crippen LogP contribution in [0.3, 0.4) is 0 Å². The summed E-state index contributed by atoms with van der Waals surface area (Å²) in [4.78, 5) is 0. The molecule has 0 bridgehead atoms. The zero-order valence-electron chi connectivity index (χ0n) is 10.5. The lowest BCUT2D eigenvalue weighted by Crippen LogP contribution is -2.08. The van der Waals surface area contributed by atoms with Crippen LogP contribution in [0.2, 0.25) is 0 Å². The maximum Gasteiger partial charge on any atom is 0.135 e. The van der Waals surface area contributed by atoms with Crippen LogP contribution in [-0.4, -0.2) is 5.11 Å². The summed E-state index contributed by atoms with van der Waals surface area (Å²) in [7, 11) is 0. The van der Waals surface area contributed by atoms with Gasteiger partial charge >= 0.3 is 0 Å². The molecule has 2 aromatic rings. The van der Waals surface area contributed by atoms with Crippen LogP contribution >= 0.6 is 15.9 Å². The van der Waals surface area contributed by atoms with Gasteiger partial charge in [0.05, 0.1) is 5.56 Å². The lowest BCUT2D eigenvalue weighted by atomic mass is 9.95. The van der Waals surface area contributed by atoms with Crippen LogP contribution in [0.1, 0.15) is 28.4 Å². The first-order valence-electron chi connectivity index (χ1n) is 5.80. The molecule has 1 nitrogen and oxygen atoms in total. The van der Waals surface area contributed by atoms with Gasteiger partial charge in [-0.05, 0) is 48.7 Å². The van der Waals surface area contributed by atoms with Crippen molar-refractivity contribution in [2.75, 3.05) is 0 Å². The third kappa shape index (κ3) is 2.69. The number of rotatable bonds is 2. The Bertz CT molecular complexity index is 626. The van der Waals surface area contributed by atoms with Gasteiger partial charge in [-0.25, -0.2) is 8.78 Å². The van der Waals surface area contributed by atoms with Gasteiger partial charge < -0.3 is 5.11 Å². The Balaban J connectivity index is 2.56. The van der Waals surface area contributed by atoms with Gasteiger partial charge in [0.25, 0.3) is 0 Å². The molecular formula is C15H13BrF2O. The Morgan fingerprint density at radius 3 is 2.37 bits per heavy atom. The summed E-state index contributed by atoms with van der Waals surface area (Å²) in [6.45, 7) is 3.33. The molecule has 0 amide bonds. The zero-order valence-corrected chi connectivity index (χ0v) is 12.1. The van der Waals surface area contributed by atoms with E-state index in [4.69, 9.17) is 0 Å². The van der Waals surface area contributed by atoms with Crippen molar-refractivity contribution < 1.29 is 13.9 Å². The molecule has 2 aromatic carbocycles. The fourth-order valence-corrected chi connectivity index (χ4v) is 2.51. The van der Waals surface area contributed by atoms with Crippen LogP contribution < -0.4 is 0 Å². The molecule has 1 unspecified atom stereocenters. The van der Waals surface area contributed by atoms with Crippen LogP contribution in [0.4, 0.5) is 8.78 Å². The third-order valence-corrected chi connectivity index (χ3v) is 3.61. The highest BCUT2D eigenvalue weighted by molar-refractivity contribution is 9.10. The largest absolute Gasteiger partial charge is 0.383 e. The van der Waals surface area contributed by atoms with Gasteiger partial charge in [-0.15, -0.1) is 0 Å². The van der Waals surface area contributed by atoms with E-state index in [1.807, 2.05) is 0 Å². The van der Waals surface area contributed by atoms with Gasteiger partial charge in [0.15, 0.2) is 0 Å². The van der Waals surface area contributed by atoms with Crippen LogP contribution in [0, 0.1) is 25.5 Å². The third-order valence-electron chi connectivity index (χ3n) is 3.12. The Labute approximate surface area is 119 Å². The smallest absolute Gasteiger partial charge is 0.135 e. The van der Waals surface area contributed by atoms with Gasteiger partial charge in [0.1, 0.15) is 17.7 Å². The molecule has 0 aliphatic heterocycles. The molecule has 0 fully saturated rings. The highest BCUT2D eigenvalue weighted by Gasteiger charge is 2.22. The molecule has 0 radical (unpaired) electrons. The average Bonchev–Trinajstić information content (AvgIpc) is 2.34. The van der Waals surface area contributed by atoms with Crippen molar-refractivity contribution in [3.63, 3.8) is 0 Å². The molecule has 2 rings (SSSR count). The molecular weight excluding hydrogens is 314 g/mol. The van der Waals surface area contributed by atoms with E-state index in [-0.39, 0.29) is 5.56 Å². The second-order valence-corrected chi connectivity index (χ2v) is 5.41. The van der Waals surface area contributed by atoms with Crippen molar-refractivity contribution in [2.45, 2.75) is 20.0 Å². The quantitative estimate of drug-likeness (QED) is 0.865. The van der Waals surface area contributed by atoms with Crippen molar-refractivity contribution in [2.24, 2.45) is 0 Å². The van der Waals surface area contributed by atoms with Gasteiger partial charge in [0.2, 0.25) is 0 Å². The summed E-state index contributed by atoms with van der Waals surface area (Å²) in [6.07, 6.45) is -1.31. The predicted octanol–water partition coefficient (Wildman–Crippen LogP) is 4.43. The summed E-state index contributed by atoms with van der Waals surface area (Å²) in [5.41, 5.74) is 1.27. The minimum atomic E-state index is -1.31. The minimum Gasteiger partial charge on any atom is -0.383 e. The summed E-state index contributed by atoms with van der Waals surface area (Å²) >= 11 is 3.31. The van der Waals surface area contributed by atoms with E-state index in [1.165, 1.54) is 12.1 Å². The standard InChI is InChI=1S/C15H13BrF2O/c1-8-3-6-12(17)13(14(8)18)15(19)11-5-4-10(16)7-9(11)2/h3-7,15,19H,1-2H3. The summed E-state index contributed by atoms with van der Waals surface area (Å²) in [5.74, 6) is -1.44. The Hall–Kier alpha value is -1.26. The van der Waals surface area contributed by atoms with Crippen molar-refractivity contribution in [3.8, 4) is 0 Å². The lowest BCUT2D eigenvalue weighted by molar-refractivity contribution is 0.208. The van der Waals surface area contributed by atoms with Crippen LogP contribution in [0.5, 0.6) is 0 Å². The van der Waals surface area contributed by atoms with E-state index in [1.54, 1.807) is 32.0 Å². The number of aryl methyl sites for hydroxylation is 2. The number of hydrogen-bond acceptors (Lipinski definition) is 1. The van der Waals surface area contributed by atoms with Crippen LogP contribution in [0.25, 0.3) is 0 Å². The molecule has 0 aliphatic carbocycles. The van der Waals surface area contributed by atoms with Gasteiger partial charge in [-0.1, -0.05) is 28.1 Å². The second kappa shape index (κ2) is 5.39. The molecule has 0 saturated heterocycles. The average molecular weight is 327 g/mol. The van der Waals surface area contributed by atoms with E-state index >= 15 is 0 Å². The van der Waals surface area contributed by atoms with E-state index in [0.29, 0.717) is 11.1 Å². The first-order valence-corrected chi connectivity index (χ1v) is 6.59. The number of aliphatic hydroxyl groups excluding tert-OH is 1. The molecule has 1 N–H and O–H groups in total. The molecule has 100 valence electrons. The minimum absolute atomic E-state index is 0.301. The summed E-state index contributed by atoms with van der Waals surface area (Å²) in [5, 5.41) is 10.3. The van der Waals surface area contributed by atoms with E-state index < -0.39 is 17.7 Å². The fourth-order valence-electron chi connectivity index (χ4n) is 2.03. The maximum absolute atomic E-state index is 14.0. The molecule has 4 heteroatoms. The fraction of sp³-hybridized carbons (Fsp3) is 0.200. The lowest BCUT2D eigenvalue weighted by Gasteiger charge is -2.17. The Kier molecular flexibility index (Phi) is 4.02. The summed E-state index contributed by atoms with van der Waals surface area (Å²) < 4.78 is 28.6. The van der Waals surface area contributed by atoms with Crippen molar-refractivity contribution in [1.82, 2.24) is 0 Å². The van der Waals surface area contributed by atoms with E-state index in [2.05, 4.69) is 15.9 Å². The highest BCUT2D eigenvalue weighted by atomic mass is 79.9. The number of aliphatic hydroxyl groups is 1. The predicted molar refractivity (Wildman–Crippen MR) is 74.0 cm³/mol. The molecule has 0 heterocycles. The second-order valence-electron chi connectivity index (χ2n) is 4.50. The molecule has 0 aromatic heterocycles. The van der Waals surface area contributed by atoms with E-state index in [0.717, 1.165) is 10.0 Å². The molecule has 19 heavy (non-hydrogen) atoms. The zero-order chi connectivity index (χ0) is 14.2. The Morgan fingerprint density at radius 2 is 1.74 bits per heavy atom. The van der Waals surface area contributed by atoms with Crippen LogP contribution in [-0.2, 0) is 0 Å². The topological polar surface area (TPSA) is 20.2 Å². The monoisotopic (exact) mass is 326 g/mol.